The maximum absolute atomic E-state index is 12.9. The smallest absolute Gasteiger partial charge is 0.326 e. The first kappa shape index (κ1) is 30.0. The molecule has 0 aromatic heterocycles. The van der Waals surface area contributed by atoms with E-state index in [4.69, 9.17) is 17.2 Å². The molecule has 12 nitrogen and oxygen atoms in total. The number of carboxylic acid groups (broad SMARTS) is 1. The van der Waals surface area contributed by atoms with Crippen LogP contribution in [0.2, 0.25) is 0 Å². The Balaban J connectivity index is 5.41. The number of nitrogens with one attached hydrogen (secondary N) is 3. The monoisotopic (exact) mass is 494 g/mol. The van der Waals surface area contributed by atoms with Gasteiger partial charge in [0, 0.05) is 5.75 Å². The van der Waals surface area contributed by atoms with Crippen LogP contribution < -0.4 is 33.2 Å². The molecular weight excluding hydrogens is 460 g/mol. The molecule has 0 aliphatic rings. The summed E-state index contributed by atoms with van der Waals surface area (Å²) in [6.07, 6.45) is 2.85. The summed E-state index contributed by atoms with van der Waals surface area (Å²) in [6, 6.07) is -4.49. The van der Waals surface area contributed by atoms with Crippen LogP contribution in [-0.2, 0) is 24.0 Å². The van der Waals surface area contributed by atoms with E-state index in [1.807, 2.05) is 0 Å². The van der Waals surface area contributed by atoms with Crippen molar-refractivity contribution in [2.75, 3.05) is 24.3 Å². The maximum Gasteiger partial charge on any atom is 0.326 e. The average Bonchev–Trinajstić information content (AvgIpc) is 2.73. The minimum absolute atomic E-state index is 0.0815. The van der Waals surface area contributed by atoms with Gasteiger partial charge in [0.2, 0.25) is 23.6 Å². The number of carboxylic acids is 1. The Morgan fingerprint density at radius 3 is 1.94 bits per heavy atom. The van der Waals surface area contributed by atoms with E-state index in [0.717, 1.165) is 0 Å². The molecule has 0 saturated carbocycles. The lowest BCUT2D eigenvalue weighted by atomic mass is 10.1. The van der Waals surface area contributed by atoms with E-state index >= 15 is 0 Å². The lowest BCUT2D eigenvalue weighted by Gasteiger charge is -2.25. The van der Waals surface area contributed by atoms with Crippen LogP contribution in [0.25, 0.3) is 0 Å². The molecule has 184 valence electrons. The van der Waals surface area contributed by atoms with E-state index in [0.29, 0.717) is 25.1 Å². The van der Waals surface area contributed by atoms with Gasteiger partial charge in [-0.3, -0.25) is 19.2 Å². The first-order valence-corrected chi connectivity index (χ1v) is 12.1. The Bertz CT molecular complexity index is 653. The molecule has 0 rings (SSSR count). The quantitative estimate of drug-likeness (QED) is 0.0792. The van der Waals surface area contributed by atoms with Gasteiger partial charge in [0.25, 0.3) is 0 Å². The van der Waals surface area contributed by atoms with Gasteiger partial charge in [0.15, 0.2) is 0 Å². The molecule has 32 heavy (non-hydrogen) atoms. The SMILES string of the molecule is CSCCC(NC(=O)C(CCCCN)NC(=O)C(N)CS)C(=O)NC(CC(N)=O)C(=O)O. The zero-order valence-electron chi connectivity index (χ0n) is 18.0. The molecule has 0 saturated heterocycles. The summed E-state index contributed by atoms with van der Waals surface area (Å²) in [7, 11) is 0. The van der Waals surface area contributed by atoms with Crippen LogP contribution >= 0.6 is 24.4 Å². The molecular formula is C18H34N6O6S2. The predicted molar refractivity (Wildman–Crippen MR) is 125 cm³/mol. The van der Waals surface area contributed by atoms with Crippen LogP contribution in [-0.4, -0.2) is 83.2 Å². The van der Waals surface area contributed by atoms with E-state index in [1.165, 1.54) is 11.8 Å². The third-order valence-electron chi connectivity index (χ3n) is 4.38. The van der Waals surface area contributed by atoms with Crippen LogP contribution in [0.15, 0.2) is 0 Å². The van der Waals surface area contributed by atoms with E-state index in [2.05, 4.69) is 28.6 Å². The van der Waals surface area contributed by atoms with Gasteiger partial charge in [0.05, 0.1) is 12.5 Å². The van der Waals surface area contributed by atoms with Crippen molar-refractivity contribution in [3.05, 3.63) is 0 Å². The molecule has 4 atom stereocenters. The fourth-order valence-corrected chi connectivity index (χ4v) is 3.21. The molecule has 0 aromatic carbocycles. The predicted octanol–water partition coefficient (Wildman–Crippen LogP) is -2.46. The lowest BCUT2D eigenvalue weighted by Crippen LogP contribution is -2.57. The number of hydrogen-bond acceptors (Lipinski definition) is 9. The van der Waals surface area contributed by atoms with Crippen LogP contribution in [0, 0.1) is 0 Å². The minimum atomic E-state index is -1.53. The van der Waals surface area contributed by atoms with Crippen molar-refractivity contribution in [1.82, 2.24) is 16.0 Å². The van der Waals surface area contributed by atoms with Gasteiger partial charge < -0.3 is 38.3 Å². The zero-order chi connectivity index (χ0) is 24.7. The fraction of sp³-hybridized carbons (Fsp3) is 0.722. The molecule has 0 fully saturated rings. The van der Waals surface area contributed by atoms with Crippen LogP contribution in [0.3, 0.4) is 0 Å². The number of nitrogens with two attached hydrogens (primary N) is 3. The van der Waals surface area contributed by atoms with Crippen LogP contribution in [0.1, 0.15) is 32.1 Å². The standard InChI is InChI=1S/C18H34N6O6S2/c1-32-7-5-12(17(28)24-13(18(29)30)8-14(21)25)23-16(27)11(4-2-3-6-19)22-15(26)10(20)9-31/h10-13,31H,2-9,19-20H2,1H3,(H2,21,25)(H,22,26)(H,23,27)(H,24,28)(H,29,30). The Morgan fingerprint density at radius 2 is 1.47 bits per heavy atom. The number of primary amides is 1. The summed E-state index contributed by atoms with van der Waals surface area (Å²) < 4.78 is 0. The van der Waals surface area contributed by atoms with Crippen molar-refractivity contribution in [3.8, 4) is 0 Å². The number of thiol groups is 1. The second-order valence-electron chi connectivity index (χ2n) is 7.05. The highest BCUT2D eigenvalue weighted by atomic mass is 32.2. The highest BCUT2D eigenvalue weighted by molar-refractivity contribution is 7.98. The summed E-state index contributed by atoms with van der Waals surface area (Å²) in [6.45, 7) is 0.410. The van der Waals surface area contributed by atoms with Gasteiger partial charge in [0.1, 0.15) is 18.1 Å². The molecule has 14 heteroatoms. The third kappa shape index (κ3) is 12.1. The van der Waals surface area contributed by atoms with Crippen molar-refractivity contribution >= 4 is 54.0 Å². The van der Waals surface area contributed by atoms with Crippen molar-refractivity contribution in [2.24, 2.45) is 17.2 Å². The number of unbranched alkanes of at least 4 members (excludes halogenated alkanes) is 1. The van der Waals surface area contributed by atoms with Gasteiger partial charge in [-0.15, -0.1) is 0 Å². The second kappa shape index (κ2) is 16.6. The van der Waals surface area contributed by atoms with Crippen LogP contribution in [0.5, 0.6) is 0 Å². The largest absolute Gasteiger partial charge is 0.480 e. The van der Waals surface area contributed by atoms with Crippen molar-refractivity contribution in [1.29, 1.82) is 0 Å². The Kier molecular flexibility index (Phi) is 15.5. The highest BCUT2D eigenvalue weighted by Crippen LogP contribution is 2.06. The summed E-state index contributed by atoms with van der Waals surface area (Å²) in [5, 5.41) is 16.5. The van der Waals surface area contributed by atoms with Crippen molar-refractivity contribution < 1.29 is 29.1 Å². The van der Waals surface area contributed by atoms with Crippen molar-refractivity contribution in [3.63, 3.8) is 0 Å². The van der Waals surface area contributed by atoms with E-state index < -0.39 is 60.2 Å². The van der Waals surface area contributed by atoms with E-state index in [1.54, 1.807) is 6.26 Å². The third-order valence-corrected chi connectivity index (χ3v) is 5.41. The lowest BCUT2D eigenvalue weighted by molar-refractivity contribution is -0.143. The number of rotatable bonds is 17. The molecule has 0 aromatic rings. The first-order chi connectivity index (χ1) is 15.1. The number of amides is 4. The summed E-state index contributed by atoms with van der Waals surface area (Å²) >= 11 is 5.39. The molecule has 0 heterocycles. The maximum atomic E-state index is 12.9. The zero-order valence-corrected chi connectivity index (χ0v) is 19.8. The Morgan fingerprint density at radius 1 is 0.938 bits per heavy atom. The molecule has 4 amide bonds. The van der Waals surface area contributed by atoms with Gasteiger partial charge in [-0.1, -0.05) is 0 Å². The number of carbonyl (C=O) groups excluding carboxylic acids is 4. The van der Waals surface area contributed by atoms with Gasteiger partial charge >= 0.3 is 5.97 Å². The van der Waals surface area contributed by atoms with E-state index in [-0.39, 0.29) is 18.6 Å². The second-order valence-corrected chi connectivity index (χ2v) is 8.40. The topological polar surface area (TPSA) is 220 Å². The van der Waals surface area contributed by atoms with Gasteiger partial charge in [-0.2, -0.15) is 24.4 Å². The highest BCUT2D eigenvalue weighted by Gasteiger charge is 2.30. The number of hydrogen-bond donors (Lipinski definition) is 8. The molecule has 0 bridgehead atoms. The number of thioether (sulfide) groups is 1. The molecule has 0 spiro atoms. The molecule has 0 aliphatic heterocycles. The summed E-state index contributed by atoms with van der Waals surface area (Å²) in [4.78, 5) is 60.1. The number of carbonyl (C=O) groups is 5. The average molecular weight is 495 g/mol. The molecule has 4 unspecified atom stereocenters. The van der Waals surface area contributed by atoms with Crippen molar-refractivity contribution in [2.45, 2.75) is 56.3 Å². The number of aliphatic carboxylic acids is 1. The molecule has 10 N–H and O–H groups in total. The Hall–Kier alpha value is -2.03. The minimum Gasteiger partial charge on any atom is -0.480 e. The van der Waals surface area contributed by atoms with E-state index in [9.17, 15) is 29.1 Å². The summed E-state index contributed by atoms with van der Waals surface area (Å²) in [5.74, 6) is -3.72. The fourth-order valence-electron chi connectivity index (χ4n) is 2.57. The first-order valence-electron chi connectivity index (χ1n) is 10.0. The van der Waals surface area contributed by atoms with Gasteiger partial charge in [-0.05, 0) is 44.2 Å². The van der Waals surface area contributed by atoms with Crippen LogP contribution in [0.4, 0.5) is 0 Å². The molecule has 0 aliphatic carbocycles. The molecule has 0 radical (unpaired) electrons. The normalized spacial score (nSPS) is 14.5. The summed E-state index contributed by atoms with van der Waals surface area (Å²) in [5.41, 5.74) is 16.2. The van der Waals surface area contributed by atoms with Gasteiger partial charge in [-0.25, -0.2) is 4.79 Å². The Labute approximate surface area is 196 Å².